The van der Waals surface area contributed by atoms with Gasteiger partial charge in [0, 0.05) is 32.2 Å². The van der Waals surface area contributed by atoms with Crippen molar-refractivity contribution in [3.8, 4) is 0 Å². The van der Waals surface area contributed by atoms with E-state index in [1.54, 1.807) is 0 Å². The fourth-order valence-electron chi connectivity index (χ4n) is 1.53. The zero-order chi connectivity index (χ0) is 11.4. The lowest BCUT2D eigenvalue weighted by Crippen LogP contribution is -1.88. The van der Waals surface area contributed by atoms with Crippen molar-refractivity contribution < 1.29 is 0 Å². The molecule has 2 aromatic heterocycles. The van der Waals surface area contributed by atoms with Crippen LogP contribution in [-0.2, 0) is 26.3 Å². The Labute approximate surface area is 99.7 Å². The highest BCUT2D eigenvalue weighted by Crippen LogP contribution is 2.12. The second-order valence-electron chi connectivity index (χ2n) is 3.85. The highest BCUT2D eigenvalue weighted by Gasteiger charge is 1.98. The van der Waals surface area contributed by atoms with Crippen molar-refractivity contribution >= 4 is 11.8 Å². The van der Waals surface area contributed by atoms with E-state index in [9.17, 15) is 0 Å². The second kappa shape index (κ2) is 5.21. The van der Waals surface area contributed by atoms with Crippen LogP contribution in [0.1, 0.15) is 11.1 Å². The summed E-state index contributed by atoms with van der Waals surface area (Å²) in [5, 5.41) is 8.30. The second-order valence-corrected chi connectivity index (χ2v) is 4.95. The smallest absolute Gasteiger partial charge is 0.0530 e. The lowest BCUT2D eigenvalue weighted by Gasteiger charge is -1.97. The van der Waals surface area contributed by atoms with Crippen molar-refractivity contribution in [1.82, 2.24) is 19.6 Å². The van der Waals surface area contributed by atoms with E-state index in [2.05, 4.69) is 22.6 Å². The van der Waals surface area contributed by atoms with Gasteiger partial charge in [-0.25, -0.2) is 0 Å². The largest absolute Gasteiger partial charge is 0.276 e. The van der Waals surface area contributed by atoms with Gasteiger partial charge in [0.05, 0.1) is 12.4 Å². The molecule has 0 unspecified atom stereocenters. The number of rotatable bonds is 5. The van der Waals surface area contributed by atoms with Gasteiger partial charge in [0.1, 0.15) is 0 Å². The first-order valence-electron chi connectivity index (χ1n) is 5.27. The number of nitrogens with zero attached hydrogens (tertiary/aromatic N) is 4. The molecule has 2 rings (SSSR count). The van der Waals surface area contributed by atoms with Gasteiger partial charge in [-0.3, -0.25) is 9.36 Å². The van der Waals surface area contributed by atoms with Crippen molar-refractivity contribution in [3.63, 3.8) is 0 Å². The maximum atomic E-state index is 4.15. The monoisotopic (exact) mass is 236 g/mol. The fourth-order valence-corrected chi connectivity index (χ4v) is 2.44. The fraction of sp³-hybridized carbons (Fsp3) is 0.455. The van der Waals surface area contributed by atoms with Gasteiger partial charge in [0.15, 0.2) is 0 Å². The zero-order valence-corrected chi connectivity index (χ0v) is 10.4. The van der Waals surface area contributed by atoms with Crippen LogP contribution < -0.4 is 0 Å². The summed E-state index contributed by atoms with van der Waals surface area (Å²) >= 11 is 1.93. The van der Waals surface area contributed by atoms with Crippen LogP contribution in [-0.4, -0.2) is 25.3 Å². The van der Waals surface area contributed by atoms with Crippen molar-refractivity contribution in [2.75, 3.05) is 5.75 Å². The average molecular weight is 236 g/mol. The van der Waals surface area contributed by atoms with Gasteiger partial charge in [-0.2, -0.15) is 22.0 Å². The number of thioether (sulfide) groups is 1. The van der Waals surface area contributed by atoms with E-state index >= 15 is 0 Å². The highest BCUT2D eigenvalue weighted by atomic mass is 32.2. The minimum absolute atomic E-state index is 1.04. The summed E-state index contributed by atoms with van der Waals surface area (Å²) in [4.78, 5) is 0. The number of hydrogen-bond donors (Lipinski definition) is 0. The van der Waals surface area contributed by atoms with Crippen molar-refractivity contribution in [2.24, 2.45) is 14.1 Å². The van der Waals surface area contributed by atoms with E-state index in [4.69, 9.17) is 0 Å². The summed E-state index contributed by atoms with van der Waals surface area (Å²) in [7, 11) is 3.90. The minimum atomic E-state index is 1.04. The molecule has 0 saturated heterocycles. The maximum Gasteiger partial charge on any atom is 0.0530 e. The molecule has 0 spiro atoms. The molecule has 0 saturated carbocycles. The molecule has 0 aromatic carbocycles. The third-order valence-corrected chi connectivity index (χ3v) is 3.35. The highest BCUT2D eigenvalue weighted by molar-refractivity contribution is 7.98. The van der Waals surface area contributed by atoms with Gasteiger partial charge in [-0.1, -0.05) is 0 Å². The molecule has 16 heavy (non-hydrogen) atoms. The molecule has 2 heterocycles. The molecule has 0 fully saturated rings. The van der Waals surface area contributed by atoms with Gasteiger partial charge < -0.3 is 0 Å². The van der Waals surface area contributed by atoms with Gasteiger partial charge >= 0.3 is 0 Å². The van der Waals surface area contributed by atoms with Gasteiger partial charge in [0.25, 0.3) is 0 Å². The van der Waals surface area contributed by atoms with Crippen molar-refractivity contribution in [3.05, 3.63) is 35.9 Å². The van der Waals surface area contributed by atoms with Gasteiger partial charge in [-0.15, -0.1) is 0 Å². The van der Waals surface area contributed by atoms with E-state index in [0.717, 1.165) is 17.9 Å². The minimum Gasteiger partial charge on any atom is -0.276 e. The Hall–Kier alpha value is -1.23. The molecule has 0 bridgehead atoms. The van der Waals surface area contributed by atoms with Crippen LogP contribution in [0.4, 0.5) is 0 Å². The van der Waals surface area contributed by atoms with Crippen LogP contribution in [0.15, 0.2) is 24.8 Å². The van der Waals surface area contributed by atoms with Crippen molar-refractivity contribution in [2.45, 2.75) is 12.2 Å². The summed E-state index contributed by atoms with van der Waals surface area (Å²) in [5.41, 5.74) is 2.60. The zero-order valence-electron chi connectivity index (χ0n) is 9.63. The van der Waals surface area contributed by atoms with Crippen LogP contribution in [0.25, 0.3) is 0 Å². The molecule has 5 heteroatoms. The molecule has 4 nitrogen and oxygen atoms in total. The summed E-state index contributed by atoms with van der Waals surface area (Å²) in [6.45, 7) is 0. The topological polar surface area (TPSA) is 35.6 Å². The first kappa shape index (κ1) is 11.3. The maximum absolute atomic E-state index is 4.15. The van der Waals surface area contributed by atoms with Crippen LogP contribution in [0, 0.1) is 0 Å². The summed E-state index contributed by atoms with van der Waals surface area (Å²) in [6.07, 6.45) is 9.09. The number of aromatic nitrogens is 4. The molecule has 0 amide bonds. The van der Waals surface area contributed by atoms with Crippen LogP contribution >= 0.6 is 11.8 Å². The quantitative estimate of drug-likeness (QED) is 0.740. The summed E-state index contributed by atoms with van der Waals surface area (Å²) in [6, 6.07) is 0. The van der Waals surface area contributed by atoms with E-state index in [1.807, 2.05) is 47.6 Å². The van der Waals surface area contributed by atoms with Gasteiger partial charge in [-0.05, 0) is 23.3 Å². The molecule has 86 valence electrons. The molecular formula is C11H16N4S. The Morgan fingerprint density at radius 2 is 1.69 bits per heavy atom. The third kappa shape index (κ3) is 3.13. The predicted molar refractivity (Wildman–Crippen MR) is 66.3 cm³/mol. The lowest BCUT2D eigenvalue weighted by atomic mass is 10.3. The Balaban J connectivity index is 1.69. The SMILES string of the molecule is Cn1cc(CCSCc2cnn(C)c2)cn1. The Morgan fingerprint density at radius 1 is 1.06 bits per heavy atom. The van der Waals surface area contributed by atoms with Crippen molar-refractivity contribution in [1.29, 1.82) is 0 Å². The van der Waals surface area contributed by atoms with E-state index in [1.165, 1.54) is 11.1 Å². The molecule has 0 aliphatic rings. The van der Waals surface area contributed by atoms with E-state index < -0.39 is 0 Å². The first-order valence-corrected chi connectivity index (χ1v) is 6.42. The first-order chi connectivity index (χ1) is 7.74. The molecular weight excluding hydrogens is 220 g/mol. The number of aryl methyl sites for hydroxylation is 3. The molecule has 0 radical (unpaired) electrons. The van der Waals surface area contributed by atoms with Crippen LogP contribution in [0.5, 0.6) is 0 Å². The normalized spacial score (nSPS) is 10.9. The average Bonchev–Trinajstić information content (AvgIpc) is 2.83. The molecule has 0 aliphatic carbocycles. The third-order valence-electron chi connectivity index (χ3n) is 2.32. The predicted octanol–water partition coefficient (Wildman–Crippen LogP) is 1.63. The lowest BCUT2D eigenvalue weighted by molar-refractivity contribution is 0.767. The molecule has 0 aliphatic heterocycles. The summed E-state index contributed by atoms with van der Waals surface area (Å²) in [5.74, 6) is 2.16. The Morgan fingerprint density at radius 3 is 2.25 bits per heavy atom. The molecule has 0 atom stereocenters. The summed E-state index contributed by atoms with van der Waals surface area (Å²) < 4.78 is 3.69. The Bertz CT molecular complexity index is 404. The van der Waals surface area contributed by atoms with Crippen LogP contribution in [0.3, 0.4) is 0 Å². The molecule has 0 N–H and O–H groups in total. The standard InChI is InChI=1S/C11H16N4S/c1-14-7-10(5-12-14)3-4-16-9-11-6-13-15(2)8-11/h5-8H,3-4,9H2,1-2H3. The Kier molecular flexibility index (Phi) is 3.66. The van der Waals surface area contributed by atoms with Crippen LogP contribution in [0.2, 0.25) is 0 Å². The molecule has 2 aromatic rings. The van der Waals surface area contributed by atoms with Gasteiger partial charge in [0.2, 0.25) is 0 Å². The van der Waals surface area contributed by atoms with E-state index in [-0.39, 0.29) is 0 Å². The van der Waals surface area contributed by atoms with E-state index in [0.29, 0.717) is 0 Å². The number of hydrogen-bond acceptors (Lipinski definition) is 3.